The molecule has 0 aliphatic carbocycles. The van der Waals surface area contributed by atoms with E-state index in [0.29, 0.717) is 17.9 Å². The second kappa shape index (κ2) is 7.79. The Bertz CT molecular complexity index is 943. The molecule has 1 N–H and O–H groups in total. The molecule has 2 aromatic heterocycles. The first-order chi connectivity index (χ1) is 13.2. The van der Waals surface area contributed by atoms with Gasteiger partial charge in [-0.15, -0.1) is 0 Å². The fourth-order valence-corrected chi connectivity index (χ4v) is 3.50. The van der Waals surface area contributed by atoms with Gasteiger partial charge in [0, 0.05) is 37.1 Å². The Kier molecular flexibility index (Phi) is 5.06. The number of benzene rings is 1. The quantitative estimate of drug-likeness (QED) is 0.740. The summed E-state index contributed by atoms with van der Waals surface area (Å²) in [6, 6.07) is 6.91. The minimum absolute atomic E-state index is 0.0472. The predicted molar refractivity (Wildman–Crippen MR) is 97.3 cm³/mol. The van der Waals surface area contributed by atoms with Crippen molar-refractivity contribution in [3.63, 3.8) is 0 Å². The molecule has 3 aromatic rings. The van der Waals surface area contributed by atoms with Gasteiger partial charge in [-0.2, -0.15) is 10.1 Å². The smallest absolute Gasteiger partial charge is 0.252 e. The summed E-state index contributed by atoms with van der Waals surface area (Å²) in [5.74, 6) is 0.281. The van der Waals surface area contributed by atoms with Crippen molar-refractivity contribution < 1.29 is 9.18 Å². The zero-order valence-electron chi connectivity index (χ0n) is 14.9. The summed E-state index contributed by atoms with van der Waals surface area (Å²) in [6.45, 7) is 2.19. The summed E-state index contributed by atoms with van der Waals surface area (Å²) in [6.07, 6.45) is 6.99. The number of aromatic nitrogens is 4. The lowest BCUT2D eigenvalue weighted by molar-refractivity contribution is -0.121. The van der Waals surface area contributed by atoms with Gasteiger partial charge in [0.05, 0.1) is 6.42 Å². The van der Waals surface area contributed by atoms with Crippen molar-refractivity contribution in [3.8, 4) is 0 Å². The fraction of sp³-hybridized carbons (Fsp3) is 0.368. The standard InChI is InChI=1S/C19H21FN6O/c20-17-6-2-1-4-15(17)11-25-7-3-5-16(12-25)24-18(27)8-14-9-21-19-22-13-23-26(19)10-14/h1-2,4,6,9-10,13,16H,3,5,7-8,11-12H2,(H,24,27)/t16-/m1/s1. The third-order valence-corrected chi connectivity index (χ3v) is 4.78. The highest BCUT2D eigenvalue weighted by molar-refractivity contribution is 5.78. The molecule has 1 aliphatic heterocycles. The van der Waals surface area contributed by atoms with Crippen molar-refractivity contribution in [2.45, 2.75) is 31.8 Å². The molecule has 0 radical (unpaired) electrons. The molecule has 1 atom stereocenters. The van der Waals surface area contributed by atoms with Crippen LogP contribution in [-0.2, 0) is 17.8 Å². The van der Waals surface area contributed by atoms with E-state index in [2.05, 4.69) is 25.3 Å². The molecule has 8 heteroatoms. The highest BCUT2D eigenvalue weighted by atomic mass is 19.1. The molecule has 0 saturated carbocycles. The van der Waals surface area contributed by atoms with Gasteiger partial charge in [0.1, 0.15) is 12.1 Å². The average molecular weight is 368 g/mol. The third kappa shape index (κ3) is 4.28. The van der Waals surface area contributed by atoms with E-state index in [1.54, 1.807) is 23.0 Å². The van der Waals surface area contributed by atoms with Gasteiger partial charge in [-0.05, 0) is 31.0 Å². The largest absolute Gasteiger partial charge is 0.352 e. The summed E-state index contributed by atoms with van der Waals surface area (Å²) < 4.78 is 15.4. The molecular weight excluding hydrogens is 347 g/mol. The third-order valence-electron chi connectivity index (χ3n) is 4.78. The molecule has 0 unspecified atom stereocenters. The van der Waals surface area contributed by atoms with Crippen molar-refractivity contribution >= 4 is 11.7 Å². The van der Waals surface area contributed by atoms with E-state index in [-0.39, 0.29) is 24.2 Å². The Morgan fingerprint density at radius 3 is 3.07 bits per heavy atom. The summed E-state index contributed by atoms with van der Waals surface area (Å²) in [7, 11) is 0. The van der Waals surface area contributed by atoms with Gasteiger partial charge in [-0.1, -0.05) is 18.2 Å². The summed E-state index contributed by atoms with van der Waals surface area (Å²) in [5.41, 5.74) is 1.47. The first-order valence-corrected chi connectivity index (χ1v) is 9.07. The number of fused-ring (bicyclic) bond motifs is 1. The monoisotopic (exact) mass is 368 g/mol. The Labute approximate surface area is 156 Å². The van der Waals surface area contributed by atoms with Gasteiger partial charge < -0.3 is 5.32 Å². The van der Waals surface area contributed by atoms with Crippen LogP contribution in [0.4, 0.5) is 4.39 Å². The number of halogens is 1. The van der Waals surface area contributed by atoms with E-state index in [9.17, 15) is 9.18 Å². The Balaban J connectivity index is 1.33. The Morgan fingerprint density at radius 2 is 2.19 bits per heavy atom. The van der Waals surface area contributed by atoms with Gasteiger partial charge in [0.25, 0.3) is 5.78 Å². The van der Waals surface area contributed by atoms with Crippen LogP contribution in [0.2, 0.25) is 0 Å². The second-order valence-corrected chi connectivity index (χ2v) is 6.88. The number of carbonyl (C=O) groups excluding carboxylic acids is 1. The number of hydrogen-bond donors (Lipinski definition) is 1. The molecule has 0 bridgehead atoms. The van der Waals surface area contributed by atoms with Crippen LogP contribution in [-0.4, -0.2) is 49.5 Å². The molecule has 140 valence electrons. The molecule has 1 fully saturated rings. The van der Waals surface area contributed by atoms with E-state index >= 15 is 0 Å². The van der Waals surface area contributed by atoms with Gasteiger partial charge in [-0.25, -0.2) is 13.9 Å². The molecule has 1 aromatic carbocycles. The van der Waals surface area contributed by atoms with E-state index in [1.165, 1.54) is 12.4 Å². The number of amides is 1. The SMILES string of the molecule is O=C(Cc1cnc2ncnn2c1)N[C@@H]1CCCN(Cc2ccccc2F)C1. The number of likely N-dealkylation sites (tertiary alicyclic amines) is 1. The first kappa shape index (κ1) is 17.5. The molecule has 7 nitrogen and oxygen atoms in total. The van der Waals surface area contributed by atoms with Crippen LogP contribution in [0, 0.1) is 5.82 Å². The Morgan fingerprint density at radius 1 is 1.30 bits per heavy atom. The lowest BCUT2D eigenvalue weighted by Crippen LogP contribution is -2.47. The highest BCUT2D eigenvalue weighted by Gasteiger charge is 2.22. The van der Waals surface area contributed by atoms with Crippen molar-refractivity contribution in [2.75, 3.05) is 13.1 Å². The van der Waals surface area contributed by atoms with Crippen LogP contribution in [0.1, 0.15) is 24.0 Å². The zero-order valence-corrected chi connectivity index (χ0v) is 14.9. The normalized spacial score (nSPS) is 17.9. The maximum Gasteiger partial charge on any atom is 0.252 e. The second-order valence-electron chi connectivity index (χ2n) is 6.88. The summed E-state index contributed by atoms with van der Waals surface area (Å²) >= 11 is 0. The maximum absolute atomic E-state index is 13.9. The minimum Gasteiger partial charge on any atom is -0.352 e. The number of rotatable bonds is 5. The number of carbonyl (C=O) groups is 1. The van der Waals surface area contributed by atoms with E-state index < -0.39 is 0 Å². The summed E-state index contributed by atoms with van der Waals surface area (Å²) in [5, 5.41) is 7.13. The first-order valence-electron chi connectivity index (χ1n) is 9.07. The number of hydrogen-bond acceptors (Lipinski definition) is 5. The fourth-order valence-electron chi connectivity index (χ4n) is 3.50. The van der Waals surface area contributed by atoms with E-state index in [0.717, 1.165) is 31.5 Å². The van der Waals surface area contributed by atoms with Crippen LogP contribution in [0.25, 0.3) is 5.78 Å². The topological polar surface area (TPSA) is 75.4 Å². The van der Waals surface area contributed by atoms with Crippen molar-refractivity contribution in [3.05, 3.63) is 59.9 Å². The van der Waals surface area contributed by atoms with Crippen LogP contribution >= 0.6 is 0 Å². The van der Waals surface area contributed by atoms with Gasteiger partial charge in [0.2, 0.25) is 5.91 Å². The molecule has 1 saturated heterocycles. The molecule has 1 amide bonds. The summed E-state index contributed by atoms with van der Waals surface area (Å²) in [4.78, 5) is 22.8. The maximum atomic E-state index is 13.9. The van der Waals surface area contributed by atoms with Crippen LogP contribution in [0.15, 0.2) is 43.0 Å². The molecular formula is C19H21FN6O. The number of nitrogens with one attached hydrogen (secondary N) is 1. The van der Waals surface area contributed by atoms with Crippen molar-refractivity contribution in [2.24, 2.45) is 0 Å². The molecule has 1 aliphatic rings. The molecule has 27 heavy (non-hydrogen) atoms. The van der Waals surface area contributed by atoms with Crippen molar-refractivity contribution in [1.82, 2.24) is 29.8 Å². The lowest BCUT2D eigenvalue weighted by atomic mass is 10.0. The van der Waals surface area contributed by atoms with Crippen LogP contribution in [0.5, 0.6) is 0 Å². The molecule has 3 heterocycles. The zero-order chi connectivity index (χ0) is 18.6. The average Bonchev–Trinajstić information content (AvgIpc) is 3.12. The lowest BCUT2D eigenvalue weighted by Gasteiger charge is -2.33. The van der Waals surface area contributed by atoms with Crippen molar-refractivity contribution in [1.29, 1.82) is 0 Å². The van der Waals surface area contributed by atoms with Crippen LogP contribution in [0.3, 0.4) is 0 Å². The highest BCUT2D eigenvalue weighted by Crippen LogP contribution is 2.16. The number of nitrogens with zero attached hydrogens (tertiary/aromatic N) is 5. The Hall–Kier alpha value is -2.87. The minimum atomic E-state index is -0.181. The van der Waals surface area contributed by atoms with E-state index in [4.69, 9.17) is 0 Å². The van der Waals surface area contributed by atoms with Gasteiger partial charge in [-0.3, -0.25) is 9.69 Å². The molecule has 4 rings (SSSR count). The van der Waals surface area contributed by atoms with Crippen LogP contribution < -0.4 is 5.32 Å². The van der Waals surface area contributed by atoms with E-state index in [1.807, 2.05) is 12.1 Å². The van der Waals surface area contributed by atoms with Gasteiger partial charge >= 0.3 is 0 Å². The predicted octanol–water partition coefficient (Wildman–Crippen LogP) is 1.59. The number of piperidine rings is 1. The molecule has 0 spiro atoms. The van der Waals surface area contributed by atoms with Gasteiger partial charge in [0.15, 0.2) is 0 Å².